The van der Waals surface area contributed by atoms with E-state index in [0.717, 1.165) is 43.3 Å². The lowest BCUT2D eigenvalue weighted by Gasteiger charge is -2.15. The van der Waals surface area contributed by atoms with Crippen LogP contribution in [0.3, 0.4) is 0 Å². The summed E-state index contributed by atoms with van der Waals surface area (Å²) in [4.78, 5) is 10.5. The minimum absolute atomic E-state index is 0.349. The van der Waals surface area contributed by atoms with Crippen molar-refractivity contribution in [1.82, 2.24) is 9.97 Å². The first-order chi connectivity index (χ1) is 10.2. The van der Waals surface area contributed by atoms with Crippen LogP contribution >= 0.6 is 11.3 Å². The Morgan fingerprint density at radius 1 is 1.24 bits per heavy atom. The lowest BCUT2D eigenvalue weighted by molar-refractivity contribution is 0.788. The van der Waals surface area contributed by atoms with Crippen molar-refractivity contribution in [2.45, 2.75) is 46.1 Å². The van der Waals surface area contributed by atoms with E-state index in [0.29, 0.717) is 6.04 Å². The maximum Gasteiger partial charge on any atom is 0.132 e. The molecule has 5 heteroatoms. The van der Waals surface area contributed by atoms with Gasteiger partial charge in [0, 0.05) is 36.4 Å². The van der Waals surface area contributed by atoms with E-state index in [4.69, 9.17) is 0 Å². The number of nitrogens with one attached hydrogen (secondary N) is 2. The first-order valence-electron chi connectivity index (χ1n) is 7.62. The summed E-state index contributed by atoms with van der Waals surface area (Å²) < 4.78 is 0. The Morgan fingerprint density at radius 2 is 2.05 bits per heavy atom. The molecule has 1 atom stereocenters. The van der Waals surface area contributed by atoms with Crippen molar-refractivity contribution < 1.29 is 0 Å². The van der Waals surface area contributed by atoms with Gasteiger partial charge >= 0.3 is 0 Å². The van der Waals surface area contributed by atoms with Crippen LogP contribution in [0.2, 0.25) is 0 Å². The zero-order chi connectivity index (χ0) is 15.1. The van der Waals surface area contributed by atoms with Crippen LogP contribution in [0.1, 0.15) is 37.9 Å². The highest BCUT2D eigenvalue weighted by atomic mass is 32.1. The largest absolute Gasteiger partial charge is 0.370 e. The molecule has 2 aromatic rings. The van der Waals surface area contributed by atoms with Gasteiger partial charge in [-0.2, -0.15) is 0 Å². The summed E-state index contributed by atoms with van der Waals surface area (Å²) in [6.07, 6.45) is 2.94. The van der Waals surface area contributed by atoms with E-state index < -0.39 is 0 Å². The fourth-order valence-electron chi connectivity index (χ4n) is 2.11. The third kappa shape index (κ3) is 5.01. The van der Waals surface area contributed by atoms with Gasteiger partial charge in [-0.15, -0.1) is 11.3 Å². The van der Waals surface area contributed by atoms with Crippen molar-refractivity contribution in [3.05, 3.63) is 34.3 Å². The summed E-state index contributed by atoms with van der Waals surface area (Å²) in [5.74, 6) is 2.70. The molecular formula is C16H24N4S. The molecule has 0 aliphatic rings. The van der Waals surface area contributed by atoms with Crippen molar-refractivity contribution >= 4 is 23.0 Å². The number of nitrogens with zero attached hydrogens (tertiary/aromatic N) is 2. The first kappa shape index (κ1) is 15.8. The molecule has 4 nitrogen and oxygen atoms in total. The summed E-state index contributed by atoms with van der Waals surface area (Å²) in [5, 5.41) is 8.95. The zero-order valence-corrected chi connectivity index (χ0v) is 13.8. The van der Waals surface area contributed by atoms with E-state index in [1.165, 1.54) is 4.88 Å². The molecule has 2 aromatic heterocycles. The molecule has 0 aromatic carbocycles. The molecule has 114 valence electrons. The Hall–Kier alpha value is -1.62. The number of rotatable bonds is 8. The molecule has 0 bridgehead atoms. The number of hydrogen-bond donors (Lipinski definition) is 2. The Morgan fingerprint density at radius 3 is 2.71 bits per heavy atom. The van der Waals surface area contributed by atoms with E-state index in [2.05, 4.69) is 58.9 Å². The van der Waals surface area contributed by atoms with Gasteiger partial charge in [0.05, 0.1) is 0 Å². The third-order valence-electron chi connectivity index (χ3n) is 3.13. The van der Waals surface area contributed by atoms with Gasteiger partial charge in [0.25, 0.3) is 0 Å². The standard InChI is InChI=1S/C16H24N4S/c1-4-8-17-15-11-16(20-14(5-2)19-15)18-12(3)10-13-7-6-9-21-13/h6-7,9,11-12H,4-5,8,10H2,1-3H3,(H2,17,18,19,20). The predicted molar refractivity (Wildman–Crippen MR) is 91.3 cm³/mol. The molecular weight excluding hydrogens is 280 g/mol. The van der Waals surface area contributed by atoms with Crippen LogP contribution in [0.25, 0.3) is 0 Å². The summed E-state index contributed by atoms with van der Waals surface area (Å²) in [6.45, 7) is 7.35. The van der Waals surface area contributed by atoms with Gasteiger partial charge in [-0.25, -0.2) is 9.97 Å². The highest BCUT2D eigenvalue weighted by molar-refractivity contribution is 7.09. The van der Waals surface area contributed by atoms with Gasteiger partial charge < -0.3 is 10.6 Å². The average molecular weight is 304 g/mol. The number of thiophene rings is 1. The van der Waals surface area contributed by atoms with Crippen LogP contribution < -0.4 is 10.6 Å². The smallest absolute Gasteiger partial charge is 0.132 e. The van der Waals surface area contributed by atoms with Gasteiger partial charge in [-0.05, 0) is 24.8 Å². The highest BCUT2D eigenvalue weighted by Gasteiger charge is 2.08. The maximum atomic E-state index is 4.57. The normalized spacial score (nSPS) is 12.1. The van der Waals surface area contributed by atoms with Crippen LogP contribution in [-0.4, -0.2) is 22.6 Å². The fraction of sp³-hybridized carbons (Fsp3) is 0.500. The van der Waals surface area contributed by atoms with Gasteiger partial charge in [-0.3, -0.25) is 0 Å². The lowest BCUT2D eigenvalue weighted by atomic mass is 10.2. The van der Waals surface area contributed by atoms with Gasteiger partial charge in [0.1, 0.15) is 17.5 Å². The molecule has 21 heavy (non-hydrogen) atoms. The Balaban J connectivity index is 2.03. The van der Waals surface area contributed by atoms with Crippen LogP contribution in [0.4, 0.5) is 11.6 Å². The van der Waals surface area contributed by atoms with E-state index in [1.54, 1.807) is 11.3 Å². The number of aryl methyl sites for hydroxylation is 1. The number of hydrogen-bond acceptors (Lipinski definition) is 5. The predicted octanol–water partition coefficient (Wildman–Crippen LogP) is 3.97. The monoisotopic (exact) mass is 304 g/mol. The summed E-state index contributed by atoms with van der Waals surface area (Å²) in [7, 11) is 0. The molecule has 0 radical (unpaired) electrons. The molecule has 2 N–H and O–H groups in total. The molecule has 0 aliphatic carbocycles. The SMILES string of the molecule is CCCNc1cc(NC(C)Cc2cccs2)nc(CC)n1. The minimum atomic E-state index is 0.349. The molecule has 1 unspecified atom stereocenters. The summed E-state index contributed by atoms with van der Waals surface area (Å²) in [5.41, 5.74) is 0. The molecule has 0 fully saturated rings. The first-order valence-corrected chi connectivity index (χ1v) is 8.50. The van der Waals surface area contributed by atoms with Crippen LogP contribution in [0, 0.1) is 0 Å². The van der Waals surface area contributed by atoms with Crippen LogP contribution in [0.5, 0.6) is 0 Å². The van der Waals surface area contributed by atoms with E-state index >= 15 is 0 Å². The molecule has 0 saturated heterocycles. The fourth-order valence-corrected chi connectivity index (χ4v) is 2.94. The van der Waals surface area contributed by atoms with Crippen LogP contribution in [-0.2, 0) is 12.8 Å². The Labute approximate surface area is 131 Å². The lowest BCUT2D eigenvalue weighted by Crippen LogP contribution is -2.19. The molecule has 0 amide bonds. The zero-order valence-electron chi connectivity index (χ0n) is 13.0. The minimum Gasteiger partial charge on any atom is -0.370 e. The van der Waals surface area contributed by atoms with Crippen molar-refractivity contribution in [2.24, 2.45) is 0 Å². The van der Waals surface area contributed by atoms with E-state index in [1.807, 2.05) is 6.07 Å². The van der Waals surface area contributed by atoms with Gasteiger partial charge in [-0.1, -0.05) is 19.9 Å². The summed E-state index contributed by atoms with van der Waals surface area (Å²) in [6, 6.07) is 6.62. The van der Waals surface area contributed by atoms with Crippen molar-refractivity contribution in [2.75, 3.05) is 17.2 Å². The molecule has 0 saturated carbocycles. The topological polar surface area (TPSA) is 49.8 Å². The number of aromatic nitrogens is 2. The summed E-state index contributed by atoms with van der Waals surface area (Å²) >= 11 is 1.80. The second kappa shape index (κ2) is 7.98. The Kier molecular flexibility index (Phi) is 5.99. The average Bonchev–Trinajstić information content (AvgIpc) is 2.97. The third-order valence-corrected chi connectivity index (χ3v) is 4.03. The Bertz CT molecular complexity index is 539. The van der Waals surface area contributed by atoms with Gasteiger partial charge in [0.15, 0.2) is 0 Å². The maximum absolute atomic E-state index is 4.57. The molecule has 0 aliphatic heterocycles. The van der Waals surface area contributed by atoms with Crippen molar-refractivity contribution in [1.29, 1.82) is 0 Å². The van der Waals surface area contributed by atoms with E-state index in [9.17, 15) is 0 Å². The highest BCUT2D eigenvalue weighted by Crippen LogP contribution is 2.16. The van der Waals surface area contributed by atoms with Crippen molar-refractivity contribution in [3.63, 3.8) is 0 Å². The molecule has 2 heterocycles. The molecule has 2 rings (SSSR count). The van der Waals surface area contributed by atoms with Gasteiger partial charge in [0.2, 0.25) is 0 Å². The second-order valence-corrected chi connectivity index (χ2v) is 6.20. The second-order valence-electron chi connectivity index (χ2n) is 5.16. The molecule has 0 spiro atoms. The van der Waals surface area contributed by atoms with Crippen LogP contribution in [0.15, 0.2) is 23.6 Å². The number of anilines is 2. The quantitative estimate of drug-likeness (QED) is 0.775. The van der Waals surface area contributed by atoms with Crippen molar-refractivity contribution in [3.8, 4) is 0 Å². The van der Waals surface area contributed by atoms with E-state index in [-0.39, 0.29) is 0 Å².